The fourth-order valence-electron chi connectivity index (χ4n) is 3.10. The Labute approximate surface area is 161 Å². The second kappa shape index (κ2) is 7.29. The van der Waals surface area contributed by atoms with E-state index in [0.29, 0.717) is 16.8 Å². The number of fused-ring (bicyclic) bond motifs is 1. The fraction of sp³-hybridized carbons (Fsp3) is 0.190. The van der Waals surface area contributed by atoms with E-state index >= 15 is 0 Å². The van der Waals surface area contributed by atoms with Crippen molar-refractivity contribution < 1.29 is 4.79 Å². The van der Waals surface area contributed by atoms with Gasteiger partial charge in [0.25, 0.3) is 11.5 Å². The molecule has 0 aliphatic carbocycles. The van der Waals surface area contributed by atoms with Gasteiger partial charge in [-0.2, -0.15) is 5.26 Å². The lowest BCUT2D eigenvalue weighted by Gasteiger charge is -2.20. The standard InChI is InChI=1S/C21H19N3O2S/c1-13-17-11-16(27-4)9-10-18(17)24(3)21(26)19(13)20(25)23(2)15-7-5-14(12-22)6-8-15/h5-11H,1-4H3. The Hall–Kier alpha value is -3.04. The van der Waals surface area contributed by atoms with Gasteiger partial charge in [-0.15, -0.1) is 11.8 Å². The van der Waals surface area contributed by atoms with Gasteiger partial charge in [-0.05, 0) is 61.2 Å². The van der Waals surface area contributed by atoms with Crippen molar-refractivity contribution >= 4 is 34.3 Å². The zero-order valence-corrected chi connectivity index (χ0v) is 16.4. The molecule has 0 saturated heterocycles. The van der Waals surface area contributed by atoms with Gasteiger partial charge in [0.2, 0.25) is 0 Å². The highest BCUT2D eigenvalue weighted by Crippen LogP contribution is 2.26. The van der Waals surface area contributed by atoms with Crippen LogP contribution in [-0.4, -0.2) is 23.8 Å². The van der Waals surface area contributed by atoms with Gasteiger partial charge in [0.05, 0.1) is 17.1 Å². The van der Waals surface area contributed by atoms with Gasteiger partial charge in [0, 0.05) is 30.1 Å². The third-order valence-electron chi connectivity index (χ3n) is 4.76. The zero-order chi connectivity index (χ0) is 19.7. The number of rotatable bonds is 3. The number of carbonyl (C=O) groups excluding carboxylic acids is 1. The smallest absolute Gasteiger partial charge is 0.263 e. The largest absolute Gasteiger partial charge is 0.311 e. The average Bonchev–Trinajstić information content (AvgIpc) is 2.71. The molecule has 27 heavy (non-hydrogen) atoms. The maximum absolute atomic E-state index is 13.1. The number of hydrogen-bond donors (Lipinski definition) is 0. The molecule has 0 radical (unpaired) electrons. The van der Waals surface area contributed by atoms with Crippen LogP contribution in [0.15, 0.2) is 52.2 Å². The molecule has 0 fully saturated rings. The van der Waals surface area contributed by atoms with Crippen molar-refractivity contribution in [1.29, 1.82) is 5.26 Å². The van der Waals surface area contributed by atoms with Crippen molar-refractivity contribution in [2.45, 2.75) is 11.8 Å². The Morgan fingerprint density at radius 2 is 1.85 bits per heavy atom. The van der Waals surface area contributed by atoms with Crippen LogP contribution in [0.2, 0.25) is 0 Å². The van der Waals surface area contributed by atoms with Crippen LogP contribution in [0.1, 0.15) is 21.5 Å². The number of nitriles is 1. The number of nitrogens with zero attached hydrogens (tertiary/aromatic N) is 3. The van der Waals surface area contributed by atoms with Gasteiger partial charge in [-0.1, -0.05) is 0 Å². The van der Waals surface area contributed by atoms with Crippen LogP contribution in [0.3, 0.4) is 0 Å². The molecule has 0 atom stereocenters. The molecule has 1 aromatic heterocycles. The van der Waals surface area contributed by atoms with Crippen molar-refractivity contribution in [3.8, 4) is 6.07 Å². The first kappa shape index (κ1) is 18.7. The summed E-state index contributed by atoms with van der Waals surface area (Å²) in [6, 6.07) is 14.6. The Morgan fingerprint density at radius 1 is 1.19 bits per heavy atom. The topological polar surface area (TPSA) is 66.1 Å². The highest BCUT2D eigenvalue weighted by molar-refractivity contribution is 7.98. The first-order valence-electron chi connectivity index (χ1n) is 8.34. The number of anilines is 1. The molecular formula is C21H19N3O2S. The van der Waals surface area contributed by atoms with Crippen LogP contribution in [0.4, 0.5) is 5.69 Å². The maximum atomic E-state index is 13.1. The number of aryl methyl sites for hydroxylation is 2. The summed E-state index contributed by atoms with van der Waals surface area (Å²) in [7, 11) is 3.31. The van der Waals surface area contributed by atoms with Crippen molar-refractivity contribution in [3.05, 3.63) is 69.5 Å². The second-order valence-corrected chi connectivity index (χ2v) is 7.15. The predicted octanol–water partition coefficient (Wildman–Crippen LogP) is 3.72. The maximum Gasteiger partial charge on any atom is 0.263 e. The van der Waals surface area contributed by atoms with Crippen LogP contribution < -0.4 is 10.5 Å². The Morgan fingerprint density at radius 3 is 2.44 bits per heavy atom. The minimum absolute atomic E-state index is 0.162. The van der Waals surface area contributed by atoms with Crippen LogP contribution >= 0.6 is 11.8 Å². The van der Waals surface area contributed by atoms with Gasteiger partial charge in [0.1, 0.15) is 5.56 Å². The molecule has 1 amide bonds. The molecule has 0 saturated carbocycles. The quantitative estimate of drug-likeness (QED) is 0.653. The summed E-state index contributed by atoms with van der Waals surface area (Å²) in [5.74, 6) is -0.366. The summed E-state index contributed by atoms with van der Waals surface area (Å²) >= 11 is 1.61. The summed E-state index contributed by atoms with van der Waals surface area (Å²) in [6.45, 7) is 1.81. The molecule has 1 heterocycles. The molecule has 0 bridgehead atoms. The molecule has 0 aliphatic rings. The molecule has 0 N–H and O–H groups in total. The van der Waals surface area contributed by atoms with Crippen LogP contribution in [0, 0.1) is 18.3 Å². The highest BCUT2D eigenvalue weighted by atomic mass is 32.2. The van der Waals surface area contributed by atoms with Crippen molar-refractivity contribution in [3.63, 3.8) is 0 Å². The number of benzene rings is 2. The molecule has 0 aliphatic heterocycles. The van der Waals surface area contributed by atoms with Crippen molar-refractivity contribution in [2.24, 2.45) is 7.05 Å². The number of carbonyl (C=O) groups is 1. The molecular weight excluding hydrogens is 358 g/mol. The fourth-order valence-corrected chi connectivity index (χ4v) is 3.54. The van der Waals surface area contributed by atoms with Gasteiger partial charge in [0.15, 0.2) is 0 Å². The first-order valence-corrected chi connectivity index (χ1v) is 9.57. The van der Waals surface area contributed by atoms with Crippen LogP contribution in [0.5, 0.6) is 0 Å². The number of thioether (sulfide) groups is 1. The Balaban J connectivity index is 2.16. The van der Waals surface area contributed by atoms with E-state index in [-0.39, 0.29) is 17.0 Å². The lowest BCUT2D eigenvalue weighted by Crippen LogP contribution is -2.35. The Kier molecular flexibility index (Phi) is 5.06. The summed E-state index contributed by atoms with van der Waals surface area (Å²) in [5.41, 5.74) is 2.46. The molecule has 6 heteroatoms. The Bertz CT molecular complexity index is 1140. The van der Waals surface area contributed by atoms with Gasteiger partial charge < -0.3 is 9.47 Å². The number of hydrogen-bond acceptors (Lipinski definition) is 4. The molecule has 3 rings (SSSR count). The lowest BCUT2D eigenvalue weighted by atomic mass is 10.0. The summed E-state index contributed by atoms with van der Waals surface area (Å²) < 4.78 is 1.52. The van der Waals surface area contributed by atoms with Crippen LogP contribution in [0.25, 0.3) is 10.9 Å². The van der Waals surface area contributed by atoms with E-state index in [9.17, 15) is 9.59 Å². The van der Waals surface area contributed by atoms with Crippen molar-refractivity contribution in [1.82, 2.24) is 4.57 Å². The number of pyridine rings is 1. The summed E-state index contributed by atoms with van der Waals surface area (Å²) in [6.07, 6.45) is 1.99. The van der Waals surface area contributed by atoms with E-state index in [1.165, 1.54) is 9.47 Å². The van der Waals surface area contributed by atoms with E-state index in [1.54, 1.807) is 50.1 Å². The molecule has 2 aromatic carbocycles. The normalized spacial score (nSPS) is 10.6. The molecule has 0 spiro atoms. The first-order chi connectivity index (χ1) is 12.9. The monoisotopic (exact) mass is 377 g/mol. The SMILES string of the molecule is CSc1ccc2c(c1)c(C)c(C(=O)N(C)c1ccc(C#N)cc1)c(=O)n2C. The number of amides is 1. The van der Waals surface area contributed by atoms with E-state index < -0.39 is 0 Å². The van der Waals surface area contributed by atoms with Gasteiger partial charge in [-0.3, -0.25) is 9.59 Å². The third kappa shape index (κ3) is 3.22. The summed E-state index contributed by atoms with van der Waals surface area (Å²) in [5, 5.41) is 9.81. The van der Waals surface area contributed by atoms with Crippen molar-refractivity contribution in [2.75, 3.05) is 18.2 Å². The predicted molar refractivity (Wildman–Crippen MR) is 110 cm³/mol. The zero-order valence-electron chi connectivity index (χ0n) is 15.6. The lowest BCUT2D eigenvalue weighted by molar-refractivity contribution is 0.0990. The molecule has 3 aromatic rings. The molecule has 5 nitrogen and oxygen atoms in total. The minimum Gasteiger partial charge on any atom is -0.311 e. The molecule has 136 valence electrons. The molecule has 0 unspecified atom stereocenters. The van der Waals surface area contributed by atoms with Gasteiger partial charge >= 0.3 is 0 Å². The highest BCUT2D eigenvalue weighted by Gasteiger charge is 2.22. The van der Waals surface area contributed by atoms with E-state index in [4.69, 9.17) is 5.26 Å². The number of aromatic nitrogens is 1. The van der Waals surface area contributed by atoms with E-state index in [2.05, 4.69) is 6.07 Å². The van der Waals surface area contributed by atoms with E-state index in [0.717, 1.165) is 15.8 Å². The van der Waals surface area contributed by atoms with Gasteiger partial charge in [-0.25, -0.2) is 0 Å². The minimum atomic E-state index is -0.366. The summed E-state index contributed by atoms with van der Waals surface area (Å²) in [4.78, 5) is 28.5. The second-order valence-electron chi connectivity index (χ2n) is 6.27. The third-order valence-corrected chi connectivity index (χ3v) is 5.49. The average molecular weight is 377 g/mol. The van der Waals surface area contributed by atoms with E-state index in [1.807, 2.05) is 31.4 Å². The van der Waals surface area contributed by atoms with Crippen LogP contribution in [-0.2, 0) is 7.05 Å².